The normalized spacial score (nSPS) is 11.5. The van der Waals surface area contributed by atoms with Gasteiger partial charge in [-0.1, -0.05) is 30.7 Å². The number of hydrogen-bond donors (Lipinski definition) is 0. The molecule has 0 aliphatic carbocycles. The Labute approximate surface area is 63.0 Å². The van der Waals surface area contributed by atoms with E-state index in [-0.39, 0.29) is 0 Å². The van der Waals surface area contributed by atoms with E-state index in [9.17, 15) is 0 Å². The van der Waals surface area contributed by atoms with Crippen LogP contribution in [0.1, 0.15) is 13.8 Å². The summed E-state index contributed by atoms with van der Waals surface area (Å²) in [6.07, 6.45) is 11.0. The van der Waals surface area contributed by atoms with Crippen molar-refractivity contribution in [1.29, 1.82) is 0 Å². The lowest BCUT2D eigenvalue weighted by Crippen LogP contribution is -1.78. The molecule has 0 saturated heterocycles. The van der Waals surface area contributed by atoms with Gasteiger partial charge in [-0.25, -0.2) is 0 Å². The van der Waals surface area contributed by atoms with Gasteiger partial charge < -0.3 is 0 Å². The van der Waals surface area contributed by atoms with Gasteiger partial charge >= 0.3 is 0 Å². The molecule has 0 aliphatic rings. The standard InChI is InChI=1S/C10H12/c1-5-8-10(7-3)9(4)6-2/h2,5,7-8H,4H2,1,3H3/b8-5-,10-7+. The Morgan fingerprint density at radius 3 is 2.40 bits per heavy atom. The molecule has 0 heterocycles. The summed E-state index contributed by atoms with van der Waals surface area (Å²) in [5.41, 5.74) is 1.76. The van der Waals surface area contributed by atoms with Gasteiger partial charge in [0.2, 0.25) is 0 Å². The highest BCUT2D eigenvalue weighted by atomic mass is 13.9. The second-order valence-corrected chi connectivity index (χ2v) is 1.87. The maximum atomic E-state index is 5.15. The molecule has 0 atom stereocenters. The highest BCUT2D eigenvalue weighted by Gasteiger charge is 1.90. The van der Waals surface area contributed by atoms with E-state index in [4.69, 9.17) is 6.42 Å². The maximum Gasteiger partial charge on any atom is 0.0239 e. The molecular weight excluding hydrogens is 120 g/mol. The summed E-state index contributed by atoms with van der Waals surface area (Å²) in [4.78, 5) is 0. The first-order valence-electron chi connectivity index (χ1n) is 3.21. The fraction of sp³-hybridized carbons (Fsp3) is 0.200. The highest BCUT2D eigenvalue weighted by molar-refractivity contribution is 5.47. The van der Waals surface area contributed by atoms with Crippen molar-refractivity contribution in [2.45, 2.75) is 13.8 Å². The number of allylic oxidation sites excluding steroid dienone is 5. The third-order valence-corrected chi connectivity index (χ3v) is 1.18. The van der Waals surface area contributed by atoms with Crippen molar-refractivity contribution in [3.05, 3.63) is 36.0 Å². The lowest BCUT2D eigenvalue weighted by atomic mass is 10.1. The minimum atomic E-state index is 0.737. The van der Waals surface area contributed by atoms with E-state index in [1.165, 1.54) is 0 Å². The van der Waals surface area contributed by atoms with Gasteiger partial charge in [-0.3, -0.25) is 0 Å². The molecule has 0 rings (SSSR count). The Morgan fingerprint density at radius 1 is 1.50 bits per heavy atom. The molecule has 0 spiro atoms. The van der Waals surface area contributed by atoms with Crippen LogP contribution in [0.25, 0.3) is 0 Å². The van der Waals surface area contributed by atoms with E-state index in [1.54, 1.807) is 0 Å². The fourth-order valence-electron chi connectivity index (χ4n) is 0.634. The summed E-state index contributed by atoms with van der Waals surface area (Å²) < 4.78 is 0. The van der Waals surface area contributed by atoms with Crippen molar-refractivity contribution in [1.82, 2.24) is 0 Å². The van der Waals surface area contributed by atoms with Crippen LogP contribution in [-0.4, -0.2) is 0 Å². The van der Waals surface area contributed by atoms with Gasteiger partial charge in [-0.05, 0) is 19.4 Å². The molecule has 0 aromatic rings. The summed E-state index contributed by atoms with van der Waals surface area (Å²) in [5.74, 6) is 2.49. The first-order valence-corrected chi connectivity index (χ1v) is 3.21. The minimum Gasteiger partial charge on any atom is -0.115 e. The number of terminal acetylenes is 1. The Hall–Kier alpha value is -1.22. The van der Waals surface area contributed by atoms with E-state index in [0.29, 0.717) is 0 Å². The van der Waals surface area contributed by atoms with Gasteiger partial charge in [-0.2, -0.15) is 0 Å². The van der Waals surface area contributed by atoms with Gasteiger partial charge in [0, 0.05) is 5.57 Å². The molecular formula is C10H12. The maximum absolute atomic E-state index is 5.15. The minimum absolute atomic E-state index is 0.737. The SMILES string of the molecule is C#CC(=C)C(/C=C\C)=C/C. The predicted octanol–water partition coefficient (Wildman–Crippen LogP) is 2.70. The van der Waals surface area contributed by atoms with Gasteiger partial charge in [0.15, 0.2) is 0 Å². The molecule has 52 valence electrons. The third-order valence-electron chi connectivity index (χ3n) is 1.18. The molecule has 0 fully saturated rings. The van der Waals surface area contributed by atoms with Crippen LogP contribution in [0, 0.1) is 12.3 Å². The first kappa shape index (κ1) is 8.78. The molecule has 0 bridgehead atoms. The fourth-order valence-corrected chi connectivity index (χ4v) is 0.634. The zero-order valence-corrected chi connectivity index (χ0v) is 6.52. The quantitative estimate of drug-likeness (QED) is 0.400. The molecule has 10 heavy (non-hydrogen) atoms. The third kappa shape index (κ3) is 2.37. The summed E-state index contributed by atoms with van der Waals surface area (Å²) in [5, 5.41) is 0. The second kappa shape index (κ2) is 4.64. The van der Waals surface area contributed by atoms with Crippen LogP contribution in [0.3, 0.4) is 0 Å². The lowest BCUT2D eigenvalue weighted by molar-refractivity contribution is 1.53. The van der Waals surface area contributed by atoms with E-state index in [2.05, 4.69) is 12.5 Å². The molecule has 0 aliphatic heterocycles. The molecule has 0 heteroatoms. The van der Waals surface area contributed by atoms with Gasteiger partial charge in [0.05, 0.1) is 0 Å². The topological polar surface area (TPSA) is 0 Å². The first-order chi connectivity index (χ1) is 4.76. The highest BCUT2D eigenvalue weighted by Crippen LogP contribution is 2.06. The zero-order valence-electron chi connectivity index (χ0n) is 6.52. The largest absolute Gasteiger partial charge is 0.115 e. The molecule has 0 aromatic carbocycles. The zero-order chi connectivity index (χ0) is 7.98. The molecule has 0 saturated carbocycles. The summed E-state index contributed by atoms with van der Waals surface area (Å²) in [7, 11) is 0. The molecule has 0 amide bonds. The molecule has 0 unspecified atom stereocenters. The number of rotatable bonds is 2. The molecule has 0 aromatic heterocycles. The van der Waals surface area contributed by atoms with Crippen LogP contribution in [0.4, 0.5) is 0 Å². The van der Waals surface area contributed by atoms with Crippen LogP contribution in [0.2, 0.25) is 0 Å². The van der Waals surface area contributed by atoms with Gasteiger partial charge in [0.1, 0.15) is 0 Å². The summed E-state index contributed by atoms with van der Waals surface area (Å²) in [6.45, 7) is 7.60. The van der Waals surface area contributed by atoms with Crippen LogP contribution in [-0.2, 0) is 0 Å². The Balaban J connectivity index is 4.43. The molecule has 0 N–H and O–H groups in total. The Morgan fingerprint density at radius 2 is 2.10 bits per heavy atom. The van der Waals surface area contributed by atoms with Crippen molar-refractivity contribution < 1.29 is 0 Å². The predicted molar refractivity (Wildman–Crippen MR) is 46.5 cm³/mol. The summed E-state index contributed by atoms with van der Waals surface area (Å²) >= 11 is 0. The van der Waals surface area contributed by atoms with Crippen LogP contribution < -0.4 is 0 Å². The van der Waals surface area contributed by atoms with Crippen LogP contribution in [0.15, 0.2) is 36.0 Å². The average Bonchev–Trinajstić information content (AvgIpc) is 1.99. The molecule has 0 nitrogen and oxygen atoms in total. The van der Waals surface area contributed by atoms with Crippen molar-refractivity contribution in [2.75, 3.05) is 0 Å². The van der Waals surface area contributed by atoms with Crippen molar-refractivity contribution in [3.8, 4) is 12.3 Å². The summed E-state index contributed by atoms with van der Waals surface area (Å²) in [6, 6.07) is 0. The van der Waals surface area contributed by atoms with Crippen molar-refractivity contribution >= 4 is 0 Å². The van der Waals surface area contributed by atoms with E-state index in [0.717, 1.165) is 11.1 Å². The monoisotopic (exact) mass is 132 g/mol. The van der Waals surface area contributed by atoms with Crippen molar-refractivity contribution in [2.24, 2.45) is 0 Å². The van der Waals surface area contributed by atoms with E-state index in [1.807, 2.05) is 32.1 Å². The Bertz CT molecular complexity index is 209. The lowest BCUT2D eigenvalue weighted by Gasteiger charge is -1.95. The van der Waals surface area contributed by atoms with Gasteiger partial charge in [0.25, 0.3) is 0 Å². The van der Waals surface area contributed by atoms with Crippen LogP contribution in [0.5, 0.6) is 0 Å². The average molecular weight is 132 g/mol. The second-order valence-electron chi connectivity index (χ2n) is 1.87. The molecule has 0 radical (unpaired) electrons. The van der Waals surface area contributed by atoms with Gasteiger partial charge in [-0.15, -0.1) is 6.42 Å². The van der Waals surface area contributed by atoms with E-state index >= 15 is 0 Å². The number of hydrogen-bond acceptors (Lipinski definition) is 0. The smallest absolute Gasteiger partial charge is 0.0239 e. The van der Waals surface area contributed by atoms with Crippen LogP contribution >= 0.6 is 0 Å². The Kier molecular flexibility index (Phi) is 4.07. The van der Waals surface area contributed by atoms with Crippen molar-refractivity contribution in [3.63, 3.8) is 0 Å². The van der Waals surface area contributed by atoms with E-state index < -0.39 is 0 Å².